The van der Waals surface area contributed by atoms with Gasteiger partial charge >= 0.3 is 29.6 Å². The summed E-state index contributed by atoms with van der Waals surface area (Å²) in [6, 6.07) is 11.9. The van der Waals surface area contributed by atoms with E-state index in [2.05, 4.69) is 21.1 Å². The molecule has 0 aliphatic heterocycles. The van der Waals surface area contributed by atoms with E-state index in [-0.39, 0.29) is 74.7 Å². The van der Waals surface area contributed by atoms with Crippen LogP contribution in [0.15, 0.2) is 90.5 Å². The number of nitrogens with zero attached hydrogens (tertiary/aromatic N) is 2. The first-order valence-electron chi connectivity index (χ1n) is 16.2. The van der Waals surface area contributed by atoms with Gasteiger partial charge in [-0.15, -0.1) is 0 Å². The molecule has 0 saturated heterocycles. The fourth-order valence-electron chi connectivity index (χ4n) is 6.01. The van der Waals surface area contributed by atoms with Gasteiger partial charge < -0.3 is 25.5 Å². The molecule has 0 saturated carbocycles. The zero-order valence-corrected chi connectivity index (χ0v) is 36.5. The molecule has 0 aromatic heterocycles. The van der Waals surface area contributed by atoms with Gasteiger partial charge in [0, 0.05) is 11.4 Å². The van der Waals surface area contributed by atoms with E-state index < -0.39 is 94.4 Å². The number of carbonyl (C=O) groups is 2. The van der Waals surface area contributed by atoms with E-state index in [0.29, 0.717) is 11.1 Å². The minimum atomic E-state index is -5.17. The summed E-state index contributed by atoms with van der Waals surface area (Å²) in [7, 11) is -17.7. The SMILES string of the molecule is COc1cc(-c2ccc(N/N=C3\C(=O)c4c(N)cc(S(=O)(=O)O)cc4C=C3S(=O)(=O)O)c(OC)c2)ccc1N/N=C1\C(=O)c2c(N)cc(S(=O)(=O)[O-])cc2C=C1S(=O)(=O)O.[Na+]. The van der Waals surface area contributed by atoms with Crippen molar-refractivity contribution in [2.45, 2.75) is 9.79 Å². The molecule has 61 heavy (non-hydrogen) atoms. The Hall–Kier alpha value is -5.52. The Balaban J connectivity index is 0.00000704. The second-order valence-corrected chi connectivity index (χ2v) is 18.1. The number of rotatable bonds is 11. The van der Waals surface area contributed by atoms with Gasteiger partial charge in [0.2, 0.25) is 11.6 Å². The quantitative estimate of drug-likeness (QED) is 0.0430. The van der Waals surface area contributed by atoms with Crippen LogP contribution in [0.1, 0.15) is 31.8 Å². The minimum absolute atomic E-state index is 0. The average molecular weight is 927 g/mol. The number of nitrogens with one attached hydrogen (secondary N) is 2. The van der Waals surface area contributed by atoms with Crippen LogP contribution in [0.3, 0.4) is 0 Å². The summed E-state index contributed by atoms with van der Waals surface area (Å²) in [6.07, 6.45) is 1.48. The predicted molar refractivity (Wildman–Crippen MR) is 214 cm³/mol. The molecule has 22 nitrogen and oxygen atoms in total. The molecule has 2 aliphatic rings. The largest absolute Gasteiger partial charge is 1.00 e. The molecule has 0 bridgehead atoms. The van der Waals surface area contributed by atoms with E-state index in [1.165, 1.54) is 50.6 Å². The third kappa shape index (κ3) is 9.38. The number of hydrogen-bond acceptors (Lipinski definition) is 19. The molecule has 0 heterocycles. The zero-order chi connectivity index (χ0) is 44.3. The maximum Gasteiger partial charge on any atom is 1.00 e. The first-order valence-corrected chi connectivity index (χ1v) is 21.9. The van der Waals surface area contributed by atoms with Gasteiger partial charge in [-0.1, -0.05) is 12.1 Å². The fraction of sp³-hybridized carbons (Fsp3) is 0.0588. The maximum absolute atomic E-state index is 13.4. The molecule has 9 N–H and O–H groups in total. The van der Waals surface area contributed by atoms with Crippen LogP contribution in [0.4, 0.5) is 22.7 Å². The minimum Gasteiger partial charge on any atom is -0.744 e. The molecular formula is C34H27N6NaO16S4. The Labute approximate surface area is 368 Å². The Kier molecular flexibility index (Phi) is 12.8. The molecule has 4 aromatic carbocycles. The molecule has 0 atom stereocenters. The number of ketones is 2. The standard InChI is InChI=1S/C34H28N6O16S4.Na/c1-55-25-9-15(3-5-23(25)37-39-31-27(59(49,50)51)11-17-7-19(57(43,44)45)13-21(35)29(17)33(31)41)16-4-6-24(26(10-16)56-2)38-40-32-28(60(52,53)54)12-18-8-20(58(46,47)48)14-22(36)30(18)34(32)42;/h3-14,37-38H,35-36H2,1-2H3,(H,43,44,45)(H,46,47,48)(H,49,50,51)(H,52,53,54);/q;+1/p-1/b39-31-,40-32-;. The monoisotopic (exact) mass is 926 g/mol. The topological polar surface area (TPSA) is 374 Å². The molecular weight excluding hydrogens is 900 g/mol. The number of allylic oxidation sites excluding steroid dienone is 2. The van der Waals surface area contributed by atoms with E-state index in [1.807, 2.05) is 0 Å². The number of hydrogen-bond donors (Lipinski definition) is 7. The number of fused-ring (bicyclic) bond motifs is 2. The fourth-order valence-corrected chi connectivity index (χ4v) is 8.42. The summed E-state index contributed by atoms with van der Waals surface area (Å²) >= 11 is 0. The summed E-state index contributed by atoms with van der Waals surface area (Å²) < 4.78 is 148. The molecule has 0 radical (unpaired) electrons. The first kappa shape index (κ1) is 46.5. The van der Waals surface area contributed by atoms with Crippen molar-refractivity contribution in [1.29, 1.82) is 0 Å². The summed E-state index contributed by atoms with van der Waals surface area (Å²) in [5.74, 6) is -2.09. The van der Waals surface area contributed by atoms with E-state index in [0.717, 1.165) is 36.4 Å². The third-order valence-corrected chi connectivity index (χ3v) is 12.1. The first-order chi connectivity index (χ1) is 27.8. The van der Waals surface area contributed by atoms with Gasteiger partial charge in [-0.05, 0) is 82.9 Å². The second-order valence-electron chi connectivity index (χ2n) is 12.5. The Morgan fingerprint density at radius 2 is 0.967 bits per heavy atom. The number of nitrogens with two attached hydrogens (primary N) is 2. The van der Waals surface area contributed by atoms with Crippen molar-refractivity contribution in [2.24, 2.45) is 10.2 Å². The van der Waals surface area contributed by atoms with Crippen LogP contribution in [0.5, 0.6) is 11.5 Å². The van der Waals surface area contributed by atoms with Gasteiger partial charge in [-0.2, -0.15) is 35.5 Å². The molecule has 27 heteroatoms. The van der Waals surface area contributed by atoms with Crippen molar-refractivity contribution in [1.82, 2.24) is 0 Å². The van der Waals surface area contributed by atoms with Gasteiger partial charge in [0.05, 0.1) is 46.5 Å². The molecule has 0 spiro atoms. The van der Waals surface area contributed by atoms with Crippen molar-refractivity contribution in [2.75, 3.05) is 36.5 Å². The molecule has 0 amide bonds. The summed E-state index contributed by atoms with van der Waals surface area (Å²) in [4.78, 5) is 23.3. The van der Waals surface area contributed by atoms with Gasteiger partial charge in [0.15, 0.2) is 11.4 Å². The van der Waals surface area contributed by atoms with E-state index >= 15 is 0 Å². The Morgan fingerprint density at radius 3 is 1.31 bits per heavy atom. The summed E-state index contributed by atoms with van der Waals surface area (Å²) in [5, 5.41) is 7.79. The van der Waals surface area contributed by atoms with Gasteiger partial charge in [-0.3, -0.25) is 34.1 Å². The van der Waals surface area contributed by atoms with Crippen LogP contribution in [0.2, 0.25) is 0 Å². The number of carbonyl (C=O) groups excluding carboxylic acids is 2. The third-order valence-electron chi connectivity index (χ3n) is 8.73. The number of benzene rings is 4. The molecule has 0 unspecified atom stereocenters. The van der Waals surface area contributed by atoms with Crippen LogP contribution < -0.4 is 61.3 Å². The van der Waals surface area contributed by atoms with Crippen LogP contribution >= 0.6 is 0 Å². The molecule has 4 aromatic rings. The van der Waals surface area contributed by atoms with Gasteiger partial charge in [-0.25, -0.2) is 8.42 Å². The number of hydrazone groups is 2. The molecule has 314 valence electrons. The summed E-state index contributed by atoms with van der Waals surface area (Å²) in [5.41, 5.74) is 13.8. The van der Waals surface area contributed by atoms with Crippen molar-refractivity contribution >= 4 is 98.4 Å². The van der Waals surface area contributed by atoms with Crippen molar-refractivity contribution < 1.29 is 101 Å². The molecule has 6 rings (SSSR count). The number of methoxy groups -OCH3 is 2. The van der Waals surface area contributed by atoms with Crippen molar-refractivity contribution in [3.63, 3.8) is 0 Å². The van der Waals surface area contributed by atoms with Crippen LogP contribution in [0.25, 0.3) is 23.3 Å². The average Bonchev–Trinajstić information content (AvgIpc) is 3.14. The molecule has 0 fully saturated rings. The molecule has 2 aliphatic carbocycles. The van der Waals surface area contributed by atoms with Crippen LogP contribution in [-0.4, -0.2) is 89.1 Å². The van der Waals surface area contributed by atoms with Crippen molar-refractivity contribution in [3.8, 4) is 22.6 Å². The normalized spacial score (nSPS) is 15.6. The van der Waals surface area contributed by atoms with Crippen LogP contribution in [0, 0.1) is 0 Å². The predicted octanol–water partition coefficient (Wildman–Crippen LogP) is -0.524. The van der Waals surface area contributed by atoms with Gasteiger partial charge in [0.1, 0.15) is 31.4 Å². The zero-order valence-electron chi connectivity index (χ0n) is 31.3. The smallest absolute Gasteiger partial charge is 0.744 e. The maximum atomic E-state index is 13.4. The van der Waals surface area contributed by atoms with Crippen LogP contribution in [-0.2, 0) is 40.5 Å². The van der Waals surface area contributed by atoms with Crippen molar-refractivity contribution in [3.05, 3.63) is 92.7 Å². The number of anilines is 4. The van der Waals surface area contributed by atoms with E-state index in [9.17, 15) is 61.5 Å². The Morgan fingerprint density at radius 1 is 0.590 bits per heavy atom. The number of ether oxygens (including phenoxy) is 2. The van der Waals surface area contributed by atoms with E-state index in [4.69, 9.17) is 20.9 Å². The number of Topliss-reactive ketones (excluding diaryl/α,β-unsaturated/α-hetero) is 2. The van der Waals surface area contributed by atoms with Gasteiger partial charge in [0.25, 0.3) is 30.4 Å². The Bertz CT molecular complexity index is 2970. The number of nitrogen functional groups attached to an aromatic ring is 2. The second kappa shape index (κ2) is 16.7. The van der Waals surface area contributed by atoms with E-state index in [1.54, 1.807) is 0 Å². The summed E-state index contributed by atoms with van der Waals surface area (Å²) in [6.45, 7) is 0.